The lowest BCUT2D eigenvalue weighted by atomic mass is 10.3. The van der Waals surface area contributed by atoms with Crippen molar-refractivity contribution in [1.82, 2.24) is 4.31 Å². The maximum atomic E-state index is 12.5. The van der Waals surface area contributed by atoms with Gasteiger partial charge >= 0.3 is 0 Å². The monoisotopic (exact) mass is 337 g/mol. The second-order valence-corrected chi connectivity index (χ2v) is 8.11. The summed E-state index contributed by atoms with van der Waals surface area (Å²) in [5.74, 6) is 0. The van der Waals surface area contributed by atoms with Crippen LogP contribution in [0.15, 0.2) is 20.1 Å². The van der Waals surface area contributed by atoms with Gasteiger partial charge in [-0.25, -0.2) is 8.42 Å². The quantitative estimate of drug-likeness (QED) is 0.797. The summed E-state index contributed by atoms with van der Waals surface area (Å²) < 4.78 is 27.8. The average molecular weight is 338 g/mol. The molecule has 0 atom stereocenters. The van der Waals surface area contributed by atoms with E-state index >= 15 is 0 Å². The van der Waals surface area contributed by atoms with Gasteiger partial charge in [0.05, 0.1) is 0 Å². The summed E-state index contributed by atoms with van der Waals surface area (Å²) in [4.78, 5) is 0. The first-order chi connectivity index (χ1) is 8.07. The number of sulfonamides is 1. The summed E-state index contributed by atoms with van der Waals surface area (Å²) in [5, 5.41) is 1.81. The molecule has 0 aromatic carbocycles. The van der Waals surface area contributed by atoms with Gasteiger partial charge < -0.3 is 0 Å². The first kappa shape index (κ1) is 13.5. The minimum absolute atomic E-state index is 0.237. The molecule has 0 bridgehead atoms. The minimum Gasteiger partial charge on any atom is -0.206 e. The fraction of sp³-hybridized carbons (Fsp3) is 0.636. The van der Waals surface area contributed by atoms with Gasteiger partial charge in [0.15, 0.2) is 0 Å². The standard InChI is InChI=1S/C11H16BrNO2S2/c1-2-3-7-13(9-4-5-9)17(14,15)11-10(12)6-8-16-11/h6,8-9H,2-5,7H2,1H3. The van der Waals surface area contributed by atoms with E-state index in [1.54, 1.807) is 10.4 Å². The van der Waals surface area contributed by atoms with Gasteiger partial charge in [0.25, 0.3) is 10.0 Å². The van der Waals surface area contributed by atoms with Gasteiger partial charge in [-0.1, -0.05) is 13.3 Å². The second-order valence-electron chi connectivity index (χ2n) is 4.26. The molecule has 0 radical (unpaired) electrons. The van der Waals surface area contributed by atoms with Crippen LogP contribution < -0.4 is 0 Å². The molecule has 96 valence electrons. The van der Waals surface area contributed by atoms with E-state index < -0.39 is 10.0 Å². The number of halogens is 1. The zero-order valence-electron chi connectivity index (χ0n) is 9.73. The van der Waals surface area contributed by atoms with E-state index in [0.717, 1.165) is 25.7 Å². The molecule has 0 spiro atoms. The second kappa shape index (κ2) is 5.38. The van der Waals surface area contributed by atoms with Crippen LogP contribution in [0.2, 0.25) is 0 Å². The molecule has 1 heterocycles. The highest BCUT2D eigenvalue weighted by Gasteiger charge is 2.38. The van der Waals surface area contributed by atoms with Gasteiger partial charge in [-0.15, -0.1) is 11.3 Å². The lowest BCUT2D eigenvalue weighted by Gasteiger charge is -2.20. The smallest absolute Gasteiger partial charge is 0.206 e. The molecule has 1 aromatic heterocycles. The molecule has 1 aliphatic rings. The summed E-state index contributed by atoms with van der Waals surface area (Å²) in [5.41, 5.74) is 0. The Bertz CT molecular complexity index is 479. The predicted molar refractivity (Wildman–Crippen MR) is 73.8 cm³/mol. The molecule has 0 amide bonds. The summed E-state index contributed by atoms with van der Waals surface area (Å²) in [6.07, 6.45) is 3.96. The first-order valence-electron chi connectivity index (χ1n) is 5.82. The molecular formula is C11H16BrNO2S2. The normalized spacial score (nSPS) is 16.6. The third-order valence-corrected chi connectivity index (χ3v) is 7.41. The van der Waals surface area contributed by atoms with Crippen LogP contribution in [0.5, 0.6) is 0 Å². The van der Waals surface area contributed by atoms with Crippen molar-refractivity contribution in [2.45, 2.75) is 42.9 Å². The molecule has 2 rings (SSSR count). The van der Waals surface area contributed by atoms with Crippen LogP contribution in [0.25, 0.3) is 0 Å². The SMILES string of the molecule is CCCCN(C1CC1)S(=O)(=O)c1sccc1Br. The van der Waals surface area contributed by atoms with Crippen molar-refractivity contribution < 1.29 is 8.42 Å². The molecule has 6 heteroatoms. The fourth-order valence-electron chi connectivity index (χ4n) is 1.75. The highest BCUT2D eigenvalue weighted by Crippen LogP contribution is 2.36. The van der Waals surface area contributed by atoms with Crippen molar-refractivity contribution in [3.05, 3.63) is 15.9 Å². The molecule has 1 aliphatic carbocycles. The van der Waals surface area contributed by atoms with Crippen molar-refractivity contribution in [2.24, 2.45) is 0 Å². The Morgan fingerprint density at radius 3 is 2.71 bits per heavy atom. The first-order valence-corrected chi connectivity index (χ1v) is 8.93. The van der Waals surface area contributed by atoms with Crippen LogP contribution in [-0.4, -0.2) is 25.3 Å². The van der Waals surface area contributed by atoms with Crippen LogP contribution in [-0.2, 0) is 10.0 Å². The third-order valence-electron chi connectivity index (χ3n) is 2.81. The summed E-state index contributed by atoms with van der Waals surface area (Å²) in [6.45, 7) is 2.73. The average Bonchev–Trinajstić information content (AvgIpc) is 3.00. The highest BCUT2D eigenvalue weighted by molar-refractivity contribution is 9.10. The minimum atomic E-state index is -3.29. The zero-order valence-corrected chi connectivity index (χ0v) is 12.9. The summed E-state index contributed by atoms with van der Waals surface area (Å²) in [6, 6.07) is 2.03. The Labute approximate surface area is 115 Å². The van der Waals surface area contributed by atoms with Gasteiger partial charge in [-0.2, -0.15) is 4.31 Å². The Morgan fingerprint density at radius 2 is 2.24 bits per heavy atom. The van der Waals surface area contributed by atoms with Crippen molar-refractivity contribution in [3.8, 4) is 0 Å². The predicted octanol–water partition coefficient (Wildman–Crippen LogP) is 3.46. The van der Waals surface area contributed by atoms with E-state index in [0.29, 0.717) is 15.2 Å². The Hall–Kier alpha value is 0.0900. The lowest BCUT2D eigenvalue weighted by Crippen LogP contribution is -2.33. The molecule has 0 N–H and O–H groups in total. The number of hydrogen-bond donors (Lipinski definition) is 0. The van der Waals surface area contributed by atoms with Crippen molar-refractivity contribution in [3.63, 3.8) is 0 Å². The highest BCUT2D eigenvalue weighted by atomic mass is 79.9. The van der Waals surface area contributed by atoms with Gasteiger partial charge in [-0.3, -0.25) is 0 Å². The number of unbranched alkanes of at least 4 members (excludes halogenated alkanes) is 1. The van der Waals surface area contributed by atoms with Crippen LogP contribution in [0, 0.1) is 0 Å². The molecule has 0 unspecified atom stereocenters. The molecule has 1 fully saturated rings. The van der Waals surface area contributed by atoms with Crippen LogP contribution >= 0.6 is 27.3 Å². The lowest BCUT2D eigenvalue weighted by molar-refractivity contribution is 0.396. The Kier molecular flexibility index (Phi) is 4.28. The number of nitrogens with zero attached hydrogens (tertiary/aromatic N) is 1. The molecule has 1 saturated carbocycles. The van der Waals surface area contributed by atoms with Crippen LogP contribution in [0.1, 0.15) is 32.6 Å². The Balaban J connectivity index is 2.25. The zero-order chi connectivity index (χ0) is 12.5. The third kappa shape index (κ3) is 2.92. The van der Waals surface area contributed by atoms with Gasteiger partial charge in [0.2, 0.25) is 0 Å². The Morgan fingerprint density at radius 1 is 1.53 bits per heavy atom. The molecule has 17 heavy (non-hydrogen) atoms. The van der Waals surface area contributed by atoms with Crippen molar-refractivity contribution in [2.75, 3.05) is 6.54 Å². The maximum absolute atomic E-state index is 12.5. The molecule has 0 saturated heterocycles. The molecular weight excluding hydrogens is 322 g/mol. The number of rotatable bonds is 6. The van der Waals surface area contributed by atoms with E-state index in [4.69, 9.17) is 0 Å². The van der Waals surface area contributed by atoms with Crippen LogP contribution in [0.3, 0.4) is 0 Å². The van der Waals surface area contributed by atoms with E-state index in [1.807, 2.05) is 5.38 Å². The molecule has 1 aromatic rings. The van der Waals surface area contributed by atoms with Gasteiger partial charge in [-0.05, 0) is 46.6 Å². The maximum Gasteiger partial charge on any atom is 0.253 e. The summed E-state index contributed by atoms with van der Waals surface area (Å²) >= 11 is 4.60. The van der Waals surface area contributed by atoms with Crippen LogP contribution in [0.4, 0.5) is 0 Å². The van der Waals surface area contributed by atoms with Crippen molar-refractivity contribution >= 4 is 37.3 Å². The molecule has 0 aliphatic heterocycles. The van der Waals surface area contributed by atoms with Crippen molar-refractivity contribution in [1.29, 1.82) is 0 Å². The van der Waals surface area contributed by atoms with Gasteiger partial charge in [0, 0.05) is 17.1 Å². The fourth-order valence-corrected chi connectivity index (χ4v) is 5.90. The van der Waals surface area contributed by atoms with E-state index in [1.165, 1.54) is 11.3 Å². The van der Waals surface area contributed by atoms with Gasteiger partial charge in [0.1, 0.15) is 4.21 Å². The number of thiophene rings is 1. The largest absolute Gasteiger partial charge is 0.253 e. The molecule has 3 nitrogen and oxygen atoms in total. The summed E-state index contributed by atoms with van der Waals surface area (Å²) in [7, 11) is -3.29. The topological polar surface area (TPSA) is 37.4 Å². The van der Waals surface area contributed by atoms with E-state index in [9.17, 15) is 8.42 Å². The number of hydrogen-bond acceptors (Lipinski definition) is 3. The van der Waals surface area contributed by atoms with E-state index in [2.05, 4.69) is 22.9 Å². The van der Waals surface area contributed by atoms with E-state index in [-0.39, 0.29) is 6.04 Å².